The average molecular weight is 352 g/mol. The Hall–Kier alpha value is -3.36. The molecule has 26 heavy (non-hydrogen) atoms. The molecular formula is C17H20N8O. The van der Waals surface area contributed by atoms with E-state index in [1.807, 2.05) is 32.9 Å². The first-order valence-corrected chi connectivity index (χ1v) is 8.31. The molecule has 3 aromatic heterocycles. The lowest BCUT2D eigenvalue weighted by Crippen LogP contribution is -2.45. The number of nitrogens with zero attached hydrogens (tertiary/aromatic N) is 6. The van der Waals surface area contributed by atoms with Gasteiger partial charge in [-0.25, -0.2) is 19.9 Å². The van der Waals surface area contributed by atoms with Crippen LogP contribution < -0.4 is 10.2 Å². The van der Waals surface area contributed by atoms with Gasteiger partial charge >= 0.3 is 0 Å². The van der Waals surface area contributed by atoms with E-state index in [0.717, 1.165) is 11.3 Å². The summed E-state index contributed by atoms with van der Waals surface area (Å²) in [5.74, 6) is 1.75. The number of aryl methyl sites for hydroxylation is 1. The number of anilines is 2. The maximum Gasteiger partial charge on any atom is 0.247 e. The fourth-order valence-electron chi connectivity index (χ4n) is 2.99. The van der Waals surface area contributed by atoms with E-state index < -0.39 is 0 Å². The zero-order valence-electron chi connectivity index (χ0n) is 14.7. The predicted octanol–water partition coefficient (Wildman–Crippen LogP) is 2.05. The third-order valence-electron chi connectivity index (χ3n) is 4.19. The number of pyridine rings is 1. The molecule has 4 heterocycles. The van der Waals surface area contributed by atoms with E-state index >= 15 is 0 Å². The molecule has 4 rings (SSSR count). The normalized spacial score (nSPS) is 13.7. The number of fused-ring (bicyclic) bond motifs is 1. The summed E-state index contributed by atoms with van der Waals surface area (Å²) in [6.45, 7) is 6.05. The molecule has 3 aromatic rings. The predicted molar refractivity (Wildman–Crippen MR) is 98.6 cm³/mol. The minimum atomic E-state index is -0.0190. The van der Waals surface area contributed by atoms with E-state index in [0.29, 0.717) is 28.8 Å². The van der Waals surface area contributed by atoms with Crippen LogP contribution in [-0.2, 0) is 4.79 Å². The maximum absolute atomic E-state index is 12.3. The van der Waals surface area contributed by atoms with Crippen LogP contribution in [0.15, 0.2) is 24.7 Å². The monoisotopic (exact) mass is 352 g/mol. The lowest BCUT2D eigenvalue weighted by molar-refractivity contribution is -0.117. The van der Waals surface area contributed by atoms with Crippen molar-refractivity contribution in [2.24, 2.45) is 0 Å². The standard InChI is InChI=1S/C17H18N8O.H2/c1-9(2)25-14(26)7-19-16-17(25)23-13(6-18-16)11-4-5-12(22-10(11)3)15-20-8-21-24-15;/h4-6,8-9H,7H2,1-3H3,(H,18,19)(H,20,21,24);1H. The summed E-state index contributed by atoms with van der Waals surface area (Å²) in [7, 11) is 0. The Labute approximate surface area is 151 Å². The lowest BCUT2D eigenvalue weighted by Gasteiger charge is -2.31. The van der Waals surface area contributed by atoms with Crippen LogP contribution in [0.1, 0.15) is 21.0 Å². The second-order valence-corrected chi connectivity index (χ2v) is 6.30. The number of carbonyl (C=O) groups excluding carboxylic acids is 1. The summed E-state index contributed by atoms with van der Waals surface area (Å²) in [6.07, 6.45) is 3.14. The van der Waals surface area contributed by atoms with E-state index in [2.05, 4.69) is 30.5 Å². The quantitative estimate of drug-likeness (QED) is 0.741. The van der Waals surface area contributed by atoms with Gasteiger partial charge in [0.2, 0.25) is 5.91 Å². The highest BCUT2D eigenvalue weighted by Gasteiger charge is 2.29. The van der Waals surface area contributed by atoms with Crippen molar-refractivity contribution in [3.05, 3.63) is 30.4 Å². The summed E-state index contributed by atoms with van der Waals surface area (Å²) >= 11 is 0. The first-order chi connectivity index (χ1) is 12.5. The molecule has 0 spiro atoms. The summed E-state index contributed by atoms with van der Waals surface area (Å²) < 4.78 is 0. The van der Waals surface area contributed by atoms with Gasteiger partial charge in [-0.15, -0.1) is 0 Å². The molecule has 1 aliphatic heterocycles. The van der Waals surface area contributed by atoms with E-state index in [1.165, 1.54) is 6.33 Å². The summed E-state index contributed by atoms with van der Waals surface area (Å²) in [6, 6.07) is 3.78. The second kappa shape index (κ2) is 6.17. The number of amides is 1. The fraction of sp³-hybridized carbons (Fsp3) is 0.294. The topological polar surface area (TPSA) is 113 Å². The van der Waals surface area contributed by atoms with Crippen molar-refractivity contribution in [1.82, 2.24) is 30.1 Å². The minimum Gasteiger partial charge on any atom is -0.358 e. The van der Waals surface area contributed by atoms with Gasteiger partial charge in [0.15, 0.2) is 17.5 Å². The first kappa shape index (κ1) is 16.1. The Morgan fingerprint density at radius 1 is 1.19 bits per heavy atom. The van der Waals surface area contributed by atoms with E-state index in [-0.39, 0.29) is 19.9 Å². The maximum atomic E-state index is 12.3. The van der Waals surface area contributed by atoms with Gasteiger partial charge in [-0.1, -0.05) is 0 Å². The van der Waals surface area contributed by atoms with Crippen LogP contribution in [0.5, 0.6) is 0 Å². The van der Waals surface area contributed by atoms with Crippen molar-refractivity contribution in [3.8, 4) is 22.8 Å². The van der Waals surface area contributed by atoms with Crippen molar-refractivity contribution in [2.45, 2.75) is 26.8 Å². The van der Waals surface area contributed by atoms with Crippen molar-refractivity contribution in [3.63, 3.8) is 0 Å². The van der Waals surface area contributed by atoms with Crippen LogP contribution in [0.25, 0.3) is 22.8 Å². The highest BCUT2D eigenvalue weighted by atomic mass is 16.2. The van der Waals surface area contributed by atoms with Crippen LogP contribution in [0.3, 0.4) is 0 Å². The molecule has 0 unspecified atom stereocenters. The number of hydrogen-bond donors (Lipinski definition) is 2. The van der Waals surface area contributed by atoms with Gasteiger partial charge in [-0.3, -0.25) is 14.8 Å². The molecule has 0 saturated heterocycles. The summed E-state index contributed by atoms with van der Waals surface area (Å²) in [4.78, 5) is 31.8. The SMILES string of the molecule is Cc1nc(-c2ncn[nH]2)ccc1-c1cnc2c(n1)N(C(C)C)C(=O)CN2.[HH]. The molecule has 0 bridgehead atoms. The highest BCUT2D eigenvalue weighted by Crippen LogP contribution is 2.31. The molecular weight excluding hydrogens is 332 g/mol. The number of H-pyrrole nitrogens is 1. The number of carbonyl (C=O) groups is 1. The van der Waals surface area contributed by atoms with Crippen LogP contribution in [0.4, 0.5) is 11.6 Å². The first-order valence-electron chi connectivity index (χ1n) is 8.31. The molecule has 2 N–H and O–H groups in total. The van der Waals surface area contributed by atoms with Crippen molar-refractivity contribution in [1.29, 1.82) is 0 Å². The van der Waals surface area contributed by atoms with Crippen LogP contribution >= 0.6 is 0 Å². The summed E-state index contributed by atoms with van der Waals surface area (Å²) in [5.41, 5.74) is 3.01. The Balaban J connectivity index is 0.00000210. The van der Waals surface area contributed by atoms with Gasteiger partial charge in [0.1, 0.15) is 12.0 Å². The Kier molecular flexibility index (Phi) is 3.83. The van der Waals surface area contributed by atoms with Crippen molar-refractivity contribution >= 4 is 17.5 Å². The van der Waals surface area contributed by atoms with Gasteiger partial charge in [0.05, 0.1) is 18.4 Å². The lowest BCUT2D eigenvalue weighted by atomic mass is 10.1. The van der Waals surface area contributed by atoms with Gasteiger partial charge in [-0.2, -0.15) is 5.10 Å². The molecule has 0 radical (unpaired) electrons. The van der Waals surface area contributed by atoms with Gasteiger partial charge in [0.25, 0.3) is 0 Å². The third kappa shape index (κ3) is 2.67. The highest BCUT2D eigenvalue weighted by molar-refractivity contribution is 6.01. The van der Waals surface area contributed by atoms with Crippen molar-refractivity contribution in [2.75, 3.05) is 16.8 Å². The Morgan fingerprint density at radius 2 is 2.04 bits per heavy atom. The molecule has 1 amide bonds. The molecule has 9 heteroatoms. The molecule has 0 aliphatic carbocycles. The molecule has 9 nitrogen and oxygen atoms in total. The van der Waals surface area contributed by atoms with Crippen LogP contribution in [0.2, 0.25) is 0 Å². The van der Waals surface area contributed by atoms with E-state index in [1.54, 1.807) is 11.1 Å². The molecule has 0 saturated carbocycles. The molecule has 134 valence electrons. The Morgan fingerprint density at radius 3 is 2.73 bits per heavy atom. The molecule has 1 aliphatic rings. The smallest absolute Gasteiger partial charge is 0.247 e. The summed E-state index contributed by atoms with van der Waals surface area (Å²) in [5, 5.41) is 9.66. The van der Waals surface area contributed by atoms with Crippen LogP contribution in [-0.4, -0.2) is 48.6 Å². The van der Waals surface area contributed by atoms with E-state index in [4.69, 9.17) is 4.98 Å². The number of rotatable bonds is 3. The number of hydrogen-bond acceptors (Lipinski definition) is 7. The Bertz CT molecular complexity index is 973. The average Bonchev–Trinajstić information content (AvgIpc) is 3.15. The zero-order chi connectivity index (χ0) is 18.3. The number of aromatic nitrogens is 6. The second-order valence-electron chi connectivity index (χ2n) is 6.30. The number of aromatic amines is 1. The molecule has 0 fully saturated rings. The molecule has 0 aromatic carbocycles. The largest absolute Gasteiger partial charge is 0.358 e. The van der Waals surface area contributed by atoms with Gasteiger partial charge in [-0.05, 0) is 32.9 Å². The number of nitrogens with one attached hydrogen (secondary N) is 2. The third-order valence-corrected chi connectivity index (χ3v) is 4.19. The fourth-order valence-corrected chi connectivity index (χ4v) is 2.99. The van der Waals surface area contributed by atoms with Gasteiger partial charge in [0, 0.05) is 18.7 Å². The van der Waals surface area contributed by atoms with E-state index in [9.17, 15) is 4.79 Å². The van der Waals surface area contributed by atoms with Crippen LogP contribution in [0, 0.1) is 6.92 Å². The minimum absolute atomic E-state index is 0. The van der Waals surface area contributed by atoms with Crippen molar-refractivity contribution < 1.29 is 6.22 Å². The molecule has 0 atom stereocenters. The van der Waals surface area contributed by atoms with Gasteiger partial charge < -0.3 is 5.32 Å². The zero-order valence-corrected chi connectivity index (χ0v) is 14.7.